The van der Waals surface area contributed by atoms with Gasteiger partial charge in [-0.1, -0.05) is 13.8 Å². The van der Waals surface area contributed by atoms with Crippen molar-refractivity contribution in [2.45, 2.75) is 25.7 Å². The number of esters is 1. The Kier molecular flexibility index (Phi) is 10.8. The number of carbonyl (C=O) groups excluding carboxylic acids is 2. The van der Waals surface area contributed by atoms with Gasteiger partial charge in [-0.15, -0.1) is 0 Å². The van der Waals surface area contributed by atoms with Crippen LogP contribution in [0.15, 0.2) is 23.1 Å². The molecule has 0 aromatic heterocycles. The highest BCUT2D eigenvalue weighted by Gasteiger charge is 2.10. The molecule has 108 valence electrons. The van der Waals surface area contributed by atoms with E-state index < -0.39 is 16.8 Å². The summed E-state index contributed by atoms with van der Waals surface area (Å²) in [4.78, 5) is 22.6. The van der Waals surface area contributed by atoms with Gasteiger partial charge >= 0.3 is 5.97 Å². The summed E-state index contributed by atoms with van der Waals surface area (Å²) >= 11 is 0. The molecule has 0 aliphatic carbocycles. The van der Waals surface area contributed by atoms with Crippen LogP contribution in [0.3, 0.4) is 0 Å². The van der Waals surface area contributed by atoms with Crippen molar-refractivity contribution in [2.75, 3.05) is 12.9 Å². The van der Waals surface area contributed by atoms with Crippen molar-refractivity contribution in [2.24, 2.45) is 0 Å². The molecule has 0 fully saturated rings. The summed E-state index contributed by atoms with van der Waals surface area (Å²) in [6.07, 6.45) is 2.10. The Morgan fingerprint density at radius 1 is 1.32 bits per heavy atom. The Labute approximate surface area is 115 Å². The summed E-state index contributed by atoms with van der Waals surface area (Å²) < 4.78 is 16.1. The molecule has 0 saturated carbocycles. The number of ether oxygens (including phenoxy) is 1. The van der Waals surface area contributed by atoms with Gasteiger partial charge in [-0.3, -0.25) is 9.00 Å². The summed E-state index contributed by atoms with van der Waals surface area (Å²) in [5, 5.41) is 0. The monoisotopic (exact) mass is 288 g/mol. The molecule has 6 heteroatoms. The summed E-state index contributed by atoms with van der Waals surface area (Å²) in [5.74, 6) is -0.516. The second-order valence-electron chi connectivity index (χ2n) is 3.08. The van der Waals surface area contributed by atoms with E-state index in [2.05, 4.69) is 0 Å². The Bertz CT molecular complexity index is 443. The van der Waals surface area contributed by atoms with E-state index in [0.29, 0.717) is 16.7 Å². The van der Waals surface area contributed by atoms with Crippen molar-refractivity contribution in [3.8, 4) is 0 Å². The zero-order chi connectivity index (χ0) is 14.1. The number of aldehydes is 1. The zero-order valence-electron chi connectivity index (χ0n) is 11.6. The molecule has 1 rings (SSSR count). The highest BCUT2D eigenvalue weighted by atomic mass is 32.2. The number of carbonyl (C=O) groups is 2. The van der Waals surface area contributed by atoms with Crippen LogP contribution < -0.4 is 0 Å². The molecule has 1 aromatic carbocycles. The first-order valence-electron chi connectivity index (χ1n) is 5.69. The molecule has 0 saturated heterocycles. The molecule has 1 aromatic rings. The highest BCUT2D eigenvalue weighted by Crippen LogP contribution is 2.13. The van der Waals surface area contributed by atoms with Gasteiger partial charge in [-0.05, 0) is 25.1 Å². The minimum absolute atomic E-state index is 0. The second-order valence-corrected chi connectivity index (χ2v) is 4.46. The van der Waals surface area contributed by atoms with Crippen LogP contribution in [-0.4, -0.2) is 34.8 Å². The van der Waals surface area contributed by atoms with Gasteiger partial charge in [0.25, 0.3) is 0 Å². The maximum Gasteiger partial charge on any atom is 0.338 e. The highest BCUT2D eigenvalue weighted by molar-refractivity contribution is 7.84. The molecular formula is C13H20O5S. The molecule has 0 amide bonds. The molecule has 0 radical (unpaired) electrons. The molecule has 19 heavy (non-hydrogen) atoms. The fourth-order valence-corrected chi connectivity index (χ4v) is 1.78. The van der Waals surface area contributed by atoms with E-state index >= 15 is 0 Å². The molecule has 0 aliphatic heterocycles. The van der Waals surface area contributed by atoms with Gasteiger partial charge in [0.05, 0.1) is 12.2 Å². The fourth-order valence-electron chi connectivity index (χ4n) is 1.19. The van der Waals surface area contributed by atoms with Crippen LogP contribution in [0.25, 0.3) is 0 Å². The van der Waals surface area contributed by atoms with E-state index in [-0.39, 0.29) is 17.6 Å². The Balaban J connectivity index is 0. The van der Waals surface area contributed by atoms with Crippen molar-refractivity contribution in [1.29, 1.82) is 0 Å². The molecule has 5 nitrogen and oxygen atoms in total. The summed E-state index contributed by atoms with van der Waals surface area (Å²) in [6, 6.07) is 4.38. The van der Waals surface area contributed by atoms with Crippen molar-refractivity contribution >= 4 is 23.1 Å². The average Bonchev–Trinajstić information content (AvgIpc) is 2.40. The fraction of sp³-hybridized carbons (Fsp3) is 0.385. The topological polar surface area (TPSA) is 91.9 Å². The first-order chi connectivity index (χ1) is 8.58. The molecule has 2 N–H and O–H groups in total. The van der Waals surface area contributed by atoms with Gasteiger partial charge in [0.1, 0.15) is 6.29 Å². The number of hydrogen-bond acceptors (Lipinski definition) is 4. The quantitative estimate of drug-likeness (QED) is 0.621. The summed E-state index contributed by atoms with van der Waals surface area (Å²) in [7, 11) is -1.24. The van der Waals surface area contributed by atoms with E-state index in [1.54, 1.807) is 6.92 Å². The third-order valence-corrected chi connectivity index (χ3v) is 2.81. The first-order valence-corrected chi connectivity index (χ1v) is 7.25. The number of benzene rings is 1. The summed E-state index contributed by atoms with van der Waals surface area (Å²) in [5.41, 5.74) is 0.562. The zero-order valence-corrected chi connectivity index (χ0v) is 12.4. The molecule has 0 bridgehead atoms. The standard InChI is InChI=1S/C11H12O4S.C2H6.H2O/c1-3-15-11(13)9-4-8(7-12)5-10(6-9)16(2)14;1-2;/h4-7H,3H2,1-2H3;1-2H3;1H2. The van der Waals surface area contributed by atoms with Gasteiger partial charge in [-0.25, -0.2) is 4.79 Å². The van der Waals surface area contributed by atoms with Gasteiger partial charge < -0.3 is 10.2 Å². The lowest BCUT2D eigenvalue weighted by Crippen LogP contribution is -2.06. The van der Waals surface area contributed by atoms with Crippen molar-refractivity contribution in [3.63, 3.8) is 0 Å². The second kappa shape index (κ2) is 10.4. The third-order valence-electron chi connectivity index (χ3n) is 1.91. The van der Waals surface area contributed by atoms with Gasteiger partial charge in [0.15, 0.2) is 0 Å². The molecule has 1 atom stereocenters. The normalized spacial score (nSPS) is 10.3. The van der Waals surface area contributed by atoms with Crippen molar-refractivity contribution in [3.05, 3.63) is 29.3 Å². The maximum absolute atomic E-state index is 11.5. The molecular weight excluding hydrogens is 268 g/mol. The van der Waals surface area contributed by atoms with Crippen molar-refractivity contribution < 1.29 is 24.0 Å². The lowest BCUT2D eigenvalue weighted by Gasteiger charge is -2.04. The van der Waals surface area contributed by atoms with E-state index in [1.165, 1.54) is 24.5 Å². The van der Waals surface area contributed by atoms with Gasteiger partial charge in [-0.2, -0.15) is 0 Å². The van der Waals surface area contributed by atoms with Crippen LogP contribution in [0.1, 0.15) is 41.5 Å². The Hall–Kier alpha value is -1.53. The largest absolute Gasteiger partial charge is 0.462 e. The SMILES string of the molecule is CC.CCOC(=O)c1cc(C=O)cc(S(C)=O)c1.O. The van der Waals surface area contributed by atoms with E-state index in [4.69, 9.17) is 4.74 Å². The van der Waals surface area contributed by atoms with Crippen LogP contribution in [0.2, 0.25) is 0 Å². The minimum atomic E-state index is -1.24. The molecule has 0 heterocycles. The molecule has 0 spiro atoms. The Morgan fingerprint density at radius 3 is 2.32 bits per heavy atom. The van der Waals surface area contributed by atoms with Gasteiger partial charge in [0, 0.05) is 27.5 Å². The maximum atomic E-state index is 11.5. The van der Waals surface area contributed by atoms with Crippen molar-refractivity contribution in [1.82, 2.24) is 0 Å². The summed E-state index contributed by atoms with van der Waals surface area (Å²) in [6.45, 7) is 5.95. The van der Waals surface area contributed by atoms with E-state index in [0.717, 1.165) is 0 Å². The predicted octanol–water partition coefficient (Wildman–Crippen LogP) is 1.61. The lowest BCUT2D eigenvalue weighted by atomic mass is 10.1. The van der Waals surface area contributed by atoms with Crippen LogP contribution in [0, 0.1) is 0 Å². The molecule has 0 aliphatic rings. The van der Waals surface area contributed by atoms with E-state index in [9.17, 15) is 13.8 Å². The first kappa shape index (κ1) is 19.8. The van der Waals surface area contributed by atoms with Crippen LogP contribution in [0.5, 0.6) is 0 Å². The molecule has 1 unspecified atom stereocenters. The van der Waals surface area contributed by atoms with Crippen LogP contribution in [0.4, 0.5) is 0 Å². The van der Waals surface area contributed by atoms with Crippen LogP contribution >= 0.6 is 0 Å². The van der Waals surface area contributed by atoms with E-state index in [1.807, 2.05) is 13.8 Å². The third kappa shape index (κ3) is 6.26. The minimum Gasteiger partial charge on any atom is -0.462 e. The average molecular weight is 288 g/mol. The number of hydrogen-bond donors (Lipinski definition) is 0. The Morgan fingerprint density at radius 2 is 1.89 bits per heavy atom. The predicted molar refractivity (Wildman–Crippen MR) is 75.1 cm³/mol. The smallest absolute Gasteiger partial charge is 0.338 e. The lowest BCUT2D eigenvalue weighted by molar-refractivity contribution is 0.0526. The number of rotatable bonds is 4. The van der Waals surface area contributed by atoms with Gasteiger partial charge in [0.2, 0.25) is 0 Å². The van der Waals surface area contributed by atoms with Crippen LogP contribution in [-0.2, 0) is 15.5 Å².